The van der Waals surface area contributed by atoms with Gasteiger partial charge in [0, 0.05) is 5.56 Å². The van der Waals surface area contributed by atoms with Crippen molar-refractivity contribution in [3.63, 3.8) is 0 Å². The first-order valence-electron chi connectivity index (χ1n) is 4.25. The number of benzene rings is 1. The first-order valence-corrected chi connectivity index (χ1v) is 4.25. The highest BCUT2D eigenvalue weighted by Gasteiger charge is 2.02. The molecule has 0 aliphatic heterocycles. The first kappa shape index (κ1) is 7.32. The summed E-state index contributed by atoms with van der Waals surface area (Å²) in [6, 6.07) is 5.84. The van der Waals surface area contributed by atoms with Gasteiger partial charge in [0.15, 0.2) is 12.0 Å². The Hall–Kier alpha value is -2.10. The summed E-state index contributed by atoms with van der Waals surface area (Å²) in [7, 11) is 0. The highest BCUT2D eigenvalue weighted by Crippen LogP contribution is 2.21. The Labute approximate surface area is 79.6 Å². The molecule has 14 heavy (non-hydrogen) atoms. The van der Waals surface area contributed by atoms with E-state index in [4.69, 9.17) is 4.42 Å². The van der Waals surface area contributed by atoms with E-state index < -0.39 is 0 Å². The van der Waals surface area contributed by atoms with Gasteiger partial charge in [0.05, 0.1) is 18.2 Å². The number of rotatable bonds is 1. The van der Waals surface area contributed by atoms with E-state index in [9.17, 15) is 0 Å². The van der Waals surface area contributed by atoms with Crippen molar-refractivity contribution in [2.75, 3.05) is 0 Å². The molecule has 4 heteroatoms. The molecule has 2 heterocycles. The molecule has 0 bridgehead atoms. The van der Waals surface area contributed by atoms with Crippen LogP contribution >= 0.6 is 0 Å². The van der Waals surface area contributed by atoms with Crippen LogP contribution < -0.4 is 0 Å². The zero-order valence-corrected chi connectivity index (χ0v) is 7.27. The average molecular weight is 185 g/mol. The SMILES string of the molecule is c1ncc(-c2ccc3ocnc3c2)[nH]1. The number of nitrogens with zero attached hydrogens (tertiary/aromatic N) is 2. The van der Waals surface area contributed by atoms with Crippen LogP contribution in [-0.2, 0) is 0 Å². The summed E-state index contributed by atoms with van der Waals surface area (Å²) in [5, 5.41) is 0. The summed E-state index contributed by atoms with van der Waals surface area (Å²) in [5.41, 5.74) is 3.70. The van der Waals surface area contributed by atoms with Gasteiger partial charge >= 0.3 is 0 Å². The Bertz CT molecular complexity index is 554. The lowest BCUT2D eigenvalue weighted by molar-refractivity contribution is 0.602. The van der Waals surface area contributed by atoms with Crippen molar-refractivity contribution in [3.8, 4) is 11.3 Å². The van der Waals surface area contributed by atoms with E-state index in [0.717, 1.165) is 22.4 Å². The molecular weight excluding hydrogens is 178 g/mol. The Morgan fingerprint density at radius 3 is 3.14 bits per heavy atom. The molecule has 0 saturated heterocycles. The number of nitrogens with one attached hydrogen (secondary N) is 1. The van der Waals surface area contributed by atoms with E-state index in [2.05, 4.69) is 15.0 Å². The molecule has 3 rings (SSSR count). The second kappa shape index (κ2) is 2.70. The molecule has 1 aromatic carbocycles. The Kier molecular flexibility index (Phi) is 1.41. The highest BCUT2D eigenvalue weighted by molar-refractivity contribution is 5.78. The van der Waals surface area contributed by atoms with Gasteiger partial charge in [-0.25, -0.2) is 9.97 Å². The van der Waals surface area contributed by atoms with Crippen molar-refractivity contribution in [2.45, 2.75) is 0 Å². The van der Waals surface area contributed by atoms with Gasteiger partial charge in [0.2, 0.25) is 0 Å². The number of imidazole rings is 1. The first-order chi connectivity index (χ1) is 6.93. The summed E-state index contributed by atoms with van der Waals surface area (Å²) in [5.74, 6) is 0. The molecule has 2 aromatic heterocycles. The van der Waals surface area contributed by atoms with Crippen molar-refractivity contribution < 1.29 is 4.42 Å². The molecule has 0 amide bonds. The second-order valence-corrected chi connectivity index (χ2v) is 3.00. The van der Waals surface area contributed by atoms with Gasteiger partial charge in [0.1, 0.15) is 5.52 Å². The second-order valence-electron chi connectivity index (χ2n) is 3.00. The maximum Gasteiger partial charge on any atom is 0.181 e. The summed E-state index contributed by atoms with van der Waals surface area (Å²) < 4.78 is 5.15. The van der Waals surface area contributed by atoms with Gasteiger partial charge in [-0.15, -0.1) is 0 Å². The van der Waals surface area contributed by atoms with Crippen LogP contribution in [0.2, 0.25) is 0 Å². The molecule has 0 unspecified atom stereocenters. The van der Waals surface area contributed by atoms with Crippen LogP contribution in [0.5, 0.6) is 0 Å². The minimum Gasteiger partial charge on any atom is -0.443 e. The fraction of sp³-hybridized carbons (Fsp3) is 0. The third-order valence-corrected chi connectivity index (χ3v) is 2.14. The van der Waals surface area contributed by atoms with Gasteiger partial charge < -0.3 is 9.40 Å². The molecule has 0 aliphatic rings. The average Bonchev–Trinajstić information content (AvgIpc) is 2.88. The molecule has 0 fully saturated rings. The topological polar surface area (TPSA) is 54.7 Å². The van der Waals surface area contributed by atoms with Gasteiger partial charge in [-0.3, -0.25) is 0 Å². The monoisotopic (exact) mass is 185 g/mol. The smallest absolute Gasteiger partial charge is 0.181 e. The van der Waals surface area contributed by atoms with Crippen molar-refractivity contribution in [2.24, 2.45) is 0 Å². The van der Waals surface area contributed by atoms with Crippen LogP contribution in [0.3, 0.4) is 0 Å². The lowest BCUT2D eigenvalue weighted by atomic mass is 10.1. The highest BCUT2D eigenvalue weighted by atomic mass is 16.3. The van der Waals surface area contributed by atoms with Crippen LogP contribution in [0.1, 0.15) is 0 Å². The minimum absolute atomic E-state index is 0.799. The van der Waals surface area contributed by atoms with Gasteiger partial charge in [-0.1, -0.05) is 0 Å². The number of fused-ring (bicyclic) bond motifs is 1. The molecule has 0 aliphatic carbocycles. The number of hydrogen-bond acceptors (Lipinski definition) is 3. The molecule has 0 radical (unpaired) electrons. The predicted octanol–water partition coefficient (Wildman–Crippen LogP) is 2.22. The van der Waals surface area contributed by atoms with E-state index in [-0.39, 0.29) is 0 Å². The Morgan fingerprint density at radius 2 is 2.29 bits per heavy atom. The molecule has 0 saturated carbocycles. The van der Waals surface area contributed by atoms with Crippen LogP contribution in [0, 0.1) is 0 Å². The number of aromatic nitrogens is 3. The van der Waals surface area contributed by atoms with E-state index >= 15 is 0 Å². The molecule has 1 N–H and O–H groups in total. The zero-order valence-electron chi connectivity index (χ0n) is 7.27. The van der Waals surface area contributed by atoms with Crippen LogP contribution in [-0.4, -0.2) is 15.0 Å². The van der Waals surface area contributed by atoms with Crippen LogP contribution in [0.15, 0.2) is 41.5 Å². The molecule has 0 atom stereocenters. The van der Waals surface area contributed by atoms with Crippen molar-refractivity contribution in [3.05, 3.63) is 37.1 Å². The van der Waals surface area contributed by atoms with Crippen LogP contribution in [0.4, 0.5) is 0 Å². The lowest BCUT2D eigenvalue weighted by Gasteiger charge is -1.95. The predicted molar refractivity (Wildman–Crippen MR) is 51.6 cm³/mol. The Balaban J connectivity index is 2.23. The zero-order chi connectivity index (χ0) is 9.38. The fourth-order valence-electron chi connectivity index (χ4n) is 1.44. The van der Waals surface area contributed by atoms with Gasteiger partial charge in [-0.2, -0.15) is 0 Å². The van der Waals surface area contributed by atoms with E-state index in [0.29, 0.717) is 0 Å². The number of hydrogen-bond donors (Lipinski definition) is 1. The molecule has 4 nitrogen and oxygen atoms in total. The van der Waals surface area contributed by atoms with E-state index in [1.54, 1.807) is 12.5 Å². The molecule has 0 spiro atoms. The van der Waals surface area contributed by atoms with Crippen molar-refractivity contribution in [1.82, 2.24) is 15.0 Å². The standard InChI is InChI=1S/C10H7N3O/c1-2-10-8(13-6-14-10)3-7(1)9-4-11-5-12-9/h1-6H,(H,11,12). The summed E-state index contributed by atoms with van der Waals surface area (Å²) in [4.78, 5) is 11.1. The normalized spacial score (nSPS) is 10.9. The van der Waals surface area contributed by atoms with E-state index in [1.165, 1.54) is 6.39 Å². The van der Waals surface area contributed by atoms with Crippen molar-refractivity contribution >= 4 is 11.1 Å². The summed E-state index contributed by atoms with van der Waals surface area (Å²) in [6.07, 6.45) is 4.88. The minimum atomic E-state index is 0.799. The number of aromatic amines is 1. The number of H-pyrrole nitrogens is 1. The summed E-state index contributed by atoms with van der Waals surface area (Å²) in [6.45, 7) is 0. The van der Waals surface area contributed by atoms with Gasteiger partial charge in [0.25, 0.3) is 0 Å². The molecular formula is C10H7N3O. The van der Waals surface area contributed by atoms with Gasteiger partial charge in [-0.05, 0) is 18.2 Å². The Morgan fingerprint density at radius 1 is 1.29 bits per heavy atom. The number of oxazole rings is 1. The third kappa shape index (κ3) is 1.01. The van der Waals surface area contributed by atoms with Crippen molar-refractivity contribution in [1.29, 1.82) is 0 Å². The largest absolute Gasteiger partial charge is 0.443 e. The molecule has 68 valence electrons. The summed E-state index contributed by atoms with van der Waals surface area (Å²) >= 11 is 0. The lowest BCUT2D eigenvalue weighted by Crippen LogP contribution is -1.76. The third-order valence-electron chi connectivity index (χ3n) is 2.14. The van der Waals surface area contributed by atoms with Crippen LogP contribution in [0.25, 0.3) is 22.4 Å². The fourth-order valence-corrected chi connectivity index (χ4v) is 1.44. The maximum atomic E-state index is 5.15. The quantitative estimate of drug-likeness (QED) is 0.632. The molecule has 3 aromatic rings. The maximum absolute atomic E-state index is 5.15. The van der Waals surface area contributed by atoms with E-state index in [1.807, 2.05) is 18.2 Å².